The average molecular weight is 395 g/mol. The molecule has 0 saturated carbocycles. The minimum absolute atomic E-state index is 0.00867. The summed E-state index contributed by atoms with van der Waals surface area (Å²) in [4.78, 5) is 13.6. The monoisotopic (exact) mass is 395 g/mol. The summed E-state index contributed by atoms with van der Waals surface area (Å²) in [5.74, 6) is 0. The van der Waals surface area contributed by atoms with Gasteiger partial charge in [0.05, 0.1) is 23.8 Å². The van der Waals surface area contributed by atoms with Gasteiger partial charge < -0.3 is 18.9 Å². The van der Waals surface area contributed by atoms with E-state index in [0.29, 0.717) is 13.0 Å². The third-order valence-electron chi connectivity index (χ3n) is 5.65. The lowest BCUT2D eigenvalue weighted by atomic mass is 9.82. The lowest BCUT2D eigenvalue weighted by molar-refractivity contribution is 0.00576. The van der Waals surface area contributed by atoms with Crippen LogP contribution >= 0.6 is 0 Å². The second kappa shape index (κ2) is 7.02. The van der Waals surface area contributed by atoms with Crippen LogP contribution in [0.1, 0.15) is 60.9 Å². The molecule has 0 radical (unpaired) electrons. The summed E-state index contributed by atoms with van der Waals surface area (Å²) in [5, 5.41) is 4.34. The molecule has 0 aliphatic carbocycles. The first-order valence-electron chi connectivity index (χ1n) is 9.81. The lowest BCUT2D eigenvalue weighted by Gasteiger charge is -2.35. The summed E-state index contributed by atoms with van der Waals surface area (Å²) in [6.45, 7) is 13.8. The number of piperidine rings is 1. The molecule has 3 heterocycles. The van der Waals surface area contributed by atoms with Crippen LogP contribution in [0, 0.1) is 0 Å². The molecule has 2 fully saturated rings. The first-order chi connectivity index (χ1) is 12.8. The molecule has 0 unspecified atom stereocenters. The molecule has 2 atom stereocenters. The lowest BCUT2D eigenvalue weighted by Crippen LogP contribution is -2.47. The van der Waals surface area contributed by atoms with Gasteiger partial charge in [-0.25, -0.2) is 9.18 Å². The van der Waals surface area contributed by atoms with Crippen LogP contribution in [-0.2, 0) is 14.0 Å². The Bertz CT molecular complexity index is 715. The maximum absolute atomic E-state index is 14.8. The van der Waals surface area contributed by atoms with E-state index in [-0.39, 0.29) is 6.54 Å². The van der Waals surface area contributed by atoms with Crippen molar-refractivity contribution in [3.8, 4) is 0 Å². The quantitative estimate of drug-likeness (QED) is 0.721. The molecule has 156 valence electrons. The van der Waals surface area contributed by atoms with Crippen LogP contribution in [0.15, 0.2) is 12.4 Å². The smallest absolute Gasteiger partial charge is 0.444 e. The van der Waals surface area contributed by atoms with E-state index in [1.165, 1.54) is 4.90 Å². The Morgan fingerprint density at radius 1 is 1.29 bits per heavy atom. The van der Waals surface area contributed by atoms with Gasteiger partial charge in [-0.15, -0.1) is 0 Å². The normalized spacial score (nSPS) is 27.1. The summed E-state index contributed by atoms with van der Waals surface area (Å²) in [6, 6.07) is -0.435. The number of carbonyl (C=O) groups is 1. The van der Waals surface area contributed by atoms with Gasteiger partial charge in [0.1, 0.15) is 11.8 Å². The van der Waals surface area contributed by atoms with Crippen LogP contribution in [0.25, 0.3) is 0 Å². The summed E-state index contributed by atoms with van der Waals surface area (Å²) >= 11 is 0. The van der Waals surface area contributed by atoms with Gasteiger partial charge in [-0.3, -0.25) is 4.68 Å². The first kappa shape index (κ1) is 21.1. The Hall–Kier alpha value is -1.61. The first-order valence-corrected chi connectivity index (χ1v) is 9.81. The molecule has 2 aliphatic rings. The summed E-state index contributed by atoms with van der Waals surface area (Å²) in [7, 11) is -0.529. The third kappa shape index (κ3) is 4.20. The highest BCUT2D eigenvalue weighted by Crippen LogP contribution is 2.36. The number of ether oxygens (including phenoxy) is 1. The van der Waals surface area contributed by atoms with Crippen molar-refractivity contribution in [1.82, 2.24) is 14.7 Å². The van der Waals surface area contributed by atoms with Gasteiger partial charge >= 0.3 is 13.2 Å². The number of hydrogen-bond acceptors (Lipinski definition) is 5. The van der Waals surface area contributed by atoms with E-state index in [1.807, 2.05) is 27.7 Å². The van der Waals surface area contributed by atoms with Crippen molar-refractivity contribution in [3.63, 3.8) is 0 Å². The number of likely N-dealkylation sites (tertiary alicyclic amines) is 1. The van der Waals surface area contributed by atoms with Crippen molar-refractivity contribution in [1.29, 1.82) is 0 Å². The number of hydrogen-bond donors (Lipinski definition) is 0. The predicted octanol–water partition coefficient (Wildman–Crippen LogP) is 2.70. The molecule has 2 aliphatic heterocycles. The Morgan fingerprint density at radius 3 is 2.43 bits per heavy atom. The molecular weight excluding hydrogens is 364 g/mol. The van der Waals surface area contributed by atoms with Gasteiger partial charge in [0.15, 0.2) is 0 Å². The summed E-state index contributed by atoms with van der Waals surface area (Å²) in [6.07, 6.45) is 2.20. The zero-order valence-corrected chi connectivity index (χ0v) is 17.9. The Labute approximate surface area is 166 Å². The van der Waals surface area contributed by atoms with Crippen LogP contribution in [0.3, 0.4) is 0 Å². The molecule has 0 aromatic carbocycles. The van der Waals surface area contributed by atoms with Crippen LogP contribution in [0.5, 0.6) is 0 Å². The van der Waals surface area contributed by atoms with E-state index in [1.54, 1.807) is 37.8 Å². The number of amides is 1. The van der Waals surface area contributed by atoms with Crippen LogP contribution < -0.4 is 5.46 Å². The molecule has 0 bridgehead atoms. The maximum Gasteiger partial charge on any atom is 0.498 e. The van der Waals surface area contributed by atoms with E-state index in [0.717, 1.165) is 5.46 Å². The van der Waals surface area contributed by atoms with Gasteiger partial charge in [-0.1, -0.05) is 0 Å². The van der Waals surface area contributed by atoms with Gasteiger partial charge in [0, 0.05) is 24.4 Å². The molecule has 0 N–H and O–H groups in total. The van der Waals surface area contributed by atoms with E-state index in [2.05, 4.69) is 5.10 Å². The largest absolute Gasteiger partial charge is 0.498 e. The highest BCUT2D eigenvalue weighted by molar-refractivity contribution is 6.62. The predicted molar refractivity (Wildman–Crippen MR) is 104 cm³/mol. The van der Waals surface area contributed by atoms with E-state index < -0.39 is 42.2 Å². The number of rotatable bonds is 2. The minimum atomic E-state index is -1.23. The second-order valence-corrected chi connectivity index (χ2v) is 9.64. The topological polar surface area (TPSA) is 65.8 Å². The molecule has 1 aromatic rings. The molecule has 7 nitrogen and oxygen atoms in total. The zero-order chi connectivity index (χ0) is 20.9. The van der Waals surface area contributed by atoms with Crippen molar-refractivity contribution in [3.05, 3.63) is 12.4 Å². The third-order valence-corrected chi connectivity index (χ3v) is 5.65. The Kier molecular flexibility index (Phi) is 5.29. The van der Waals surface area contributed by atoms with Crippen molar-refractivity contribution in [2.24, 2.45) is 0 Å². The molecular formula is C19H31BFN3O4. The van der Waals surface area contributed by atoms with Gasteiger partial charge in [0.25, 0.3) is 0 Å². The minimum Gasteiger partial charge on any atom is -0.444 e. The fourth-order valence-corrected chi connectivity index (χ4v) is 3.32. The maximum atomic E-state index is 14.8. The SMILES string of the molecule is CC(C)(C)OC(=O)N1CC[C@@H](n2cc(B3OC(C)(C)C(C)(C)O3)cn2)[C@H](F)C1. The van der Waals surface area contributed by atoms with Crippen molar-refractivity contribution < 1.29 is 23.2 Å². The number of aromatic nitrogens is 2. The highest BCUT2D eigenvalue weighted by atomic mass is 19.1. The number of alkyl halides is 1. The zero-order valence-electron chi connectivity index (χ0n) is 17.9. The molecule has 28 heavy (non-hydrogen) atoms. The Balaban J connectivity index is 1.64. The molecule has 2 saturated heterocycles. The molecule has 3 rings (SSSR count). The van der Waals surface area contributed by atoms with Gasteiger partial charge in [-0.2, -0.15) is 5.10 Å². The number of carbonyl (C=O) groups excluding carboxylic acids is 1. The summed E-state index contributed by atoms with van der Waals surface area (Å²) in [5.41, 5.74) is -0.720. The van der Waals surface area contributed by atoms with E-state index in [4.69, 9.17) is 14.0 Å². The fraction of sp³-hybridized carbons (Fsp3) is 0.789. The second-order valence-electron chi connectivity index (χ2n) is 9.64. The molecule has 1 amide bonds. The summed E-state index contributed by atoms with van der Waals surface area (Å²) < 4.78 is 33.9. The molecule has 1 aromatic heterocycles. The standard InChI is InChI=1S/C19H31BFN3O4/c1-17(2,3)26-16(25)23-9-8-15(14(21)12-23)24-11-13(10-22-24)20-27-18(4,5)19(6,7)28-20/h10-11,14-15H,8-9,12H2,1-7H3/t14-,15-/m1/s1. The van der Waals surface area contributed by atoms with Crippen molar-refractivity contribution in [2.45, 2.75) is 83.9 Å². The van der Waals surface area contributed by atoms with Crippen LogP contribution in [0.4, 0.5) is 9.18 Å². The highest BCUT2D eigenvalue weighted by Gasteiger charge is 2.52. The fourth-order valence-electron chi connectivity index (χ4n) is 3.32. The molecule has 0 spiro atoms. The van der Waals surface area contributed by atoms with E-state index in [9.17, 15) is 9.18 Å². The average Bonchev–Trinajstić information content (AvgIpc) is 3.08. The van der Waals surface area contributed by atoms with Crippen molar-refractivity contribution >= 4 is 18.7 Å². The molecule has 9 heteroatoms. The number of halogens is 1. The Morgan fingerprint density at radius 2 is 1.89 bits per heavy atom. The van der Waals surface area contributed by atoms with Crippen LogP contribution in [-0.4, -0.2) is 64.0 Å². The van der Waals surface area contributed by atoms with E-state index >= 15 is 0 Å². The van der Waals surface area contributed by atoms with Crippen molar-refractivity contribution in [2.75, 3.05) is 13.1 Å². The van der Waals surface area contributed by atoms with Crippen LogP contribution in [0.2, 0.25) is 0 Å². The van der Waals surface area contributed by atoms with Gasteiger partial charge in [-0.05, 0) is 54.9 Å². The van der Waals surface area contributed by atoms with Gasteiger partial charge in [0.2, 0.25) is 0 Å². The number of nitrogens with zero attached hydrogens (tertiary/aromatic N) is 3.